The summed E-state index contributed by atoms with van der Waals surface area (Å²) >= 11 is 0. The lowest BCUT2D eigenvalue weighted by molar-refractivity contribution is -0.923. The minimum atomic E-state index is -4.30. The first kappa shape index (κ1) is 22.3. The van der Waals surface area contributed by atoms with Gasteiger partial charge in [-0.2, -0.15) is 0 Å². The summed E-state index contributed by atoms with van der Waals surface area (Å²) in [5, 5.41) is 0. The molecule has 7 nitrogen and oxygen atoms in total. The Morgan fingerprint density at radius 3 is 2.17 bits per heavy atom. The lowest BCUT2D eigenvalue weighted by Gasteiger charge is -2.36. The molecule has 0 heterocycles. The standard InChI is InChI=1S/C15H30NO6P/c1-5-10-15(17)20-12-9-13-21-23(18,19)22-14-11-16(6-2,7-3)8-4/h5,10H,6-9,11-14H2,1-4H3. The van der Waals surface area contributed by atoms with Gasteiger partial charge in [-0.05, 0) is 27.7 Å². The zero-order valence-corrected chi connectivity index (χ0v) is 15.5. The van der Waals surface area contributed by atoms with Crippen LogP contribution in [0.4, 0.5) is 0 Å². The molecule has 0 amide bonds. The molecule has 136 valence electrons. The number of likely N-dealkylation sites (N-methyl/N-ethyl adjacent to an activating group) is 1. The molecule has 1 atom stereocenters. The number of rotatable bonds is 13. The van der Waals surface area contributed by atoms with Crippen LogP contribution in [-0.2, 0) is 23.1 Å². The number of hydrogen-bond donors (Lipinski definition) is 0. The number of quaternary nitrogens is 1. The van der Waals surface area contributed by atoms with Crippen molar-refractivity contribution in [2.45, 2.75) is 34.1 Å². The van der Waals surface area contributed by atoms with E-state index in [9.17, 15) is 14.3 Å². The molecule has 0 spiro atoms. The van der Waals surface area contributed by atoms with Crippen molar-refractivity contribution in [1.29, 1.82) is 0 Å². The maximum absolute atomic E-state index is 11.6. The van der Waals surface area contributed by atoms with Gasteiger partial charge >= 0.3 is 5.97 Å². The van der Waals surface area contributed by atoms with Crippen LogP contribution < -0.4 is 4.89 Å². The van der Waals surface area contributed by atoms with Crippen molar-refractivity contribution in [2.75, 3.05) is 46.0 Å². The topological polar surface area (TPSA) is 84.9 Å². The maximum atomic E-state index is 11.6. The van der Waals surface area contributed by atoms with E-state index in [1.54, 1.807) is 13.0 Å². The summed E-state index contributed by atoms with van der Waals surface area (Å²) in [6.07, 6.45) is 3.15. The third-order valence-electron chi connectivity index (χ3n) is 3.91. The number of nitrogens with zero attached hydrogens (tertiary/aromatic N) is 1. The molecule has 8 heteroatoms. The molecule has 0 rings (SSSR count). The molecule has 0 N–H and O–H groups in total. The Balaban J connectivity index is 3.97. The van der Waals surface area contributed by atoms with Gasteiger partial charge in [-0.25, -0.2) is 4.79 Å². The molecule has 0 aliphatic heterocycles. The second kappa shape index (κ2) is 11.8. The lowest BCUT2D eigenvalue weighted by atomic mass is 10.3. The number of phosphoric ester groups is 1. The van der Waals surface area contributed by atoms with Crippen molar-refractivity contribution >= 4 is 13.8 Å². The Morgan fingerprint density at radius 1 is 1.09 bits per heavy atom. The van der Waals surface area contributed by atoms with Crippen LogP contribution in [0.25, 0.3) is 0 Å². The molecule has 0 aromatic carbocycles. The van der Waals surface area contributed by atoms with Crippen molar-refractivity contribution in [2.24, 2.45) is 0 Å². The summed E-state index contributed by atoms with van der Waals surface area (Å²) in [7, 11) is -4.30. The number of carbonyl (C=O) groups excluding carboxylic acids is 1. The average molecular weight is 351 g/mol. The molecule has 0 saturated carbocycles. The van der Waals surface area contributed by atoms with Gasteiger partial charge in [-0.15, -0.1) is 0 Å². The molecule has 0 aromatic rings. The largest absolute Gasteiger partial charge is 0.756 e. The van der Waals surface area contributed by atoms with Crippen LogP contribution in [-0.4, -0.2) is 56.5 Å². The van der Waals surface area contributed by atoms with Gasteiger partial charge in [0.2, 0.25) is 0 Å². The summed E-state index contributed by atoms with van der Waals surface area (Å²) in [6, 6.07) is 0. The minimum Gasteiger partial charge on any atom is -0.756 e. The summed E-state index contributed by atoms with van der Waals surface area (Å²) < 4.78 is 26.9. The molecular formula is C15H30NO6P. The van der Waals surface area contributed by atoms with E-state index >= 15 is 0 Å². The third-order valence-corrected chi connectivity index (χ3v) is 4.91. The van der Waals surface area contributed by atoms with Crippen molar-refractivity contribution in [1.82, 2.24) is 0 Å². The Hall–Kier alpha value is -0.720. The van der Waals surface area contributed by atoms with Crippen LogP contribution in [0.1, 0.15) is 34.1 Å². The van der Waals surface area contributed by atoms with E-state index < -0.39 is 13.8 Å². The molecule has 0 aliphatic rings. The van der Waals surface area contributed by atoms with Crippen LogP contribution in [0.2, 0.25) is 0 Å². The number of ether oxygens (including phenoxy) is 1. The number of hydrogen-bond acceptors (Lipinski definition) is 6. The minimum absolute atomic E-state index is 0.0702. The number of phosphoric acid groups is 1. The van der Waals surface area contributed by atoms with Crippen molar-refractivity contribution < 1.29 is 32.5 Å². The Kier molecular flexibility index (Phi) is 11.4. The predicted octanol–water partition coefficient (Wildman–Crippen LogP) is 1.87. The molecule has 0 aliphatic carbocycles. The van der Waals surface area contributed by atoms with Crippen LogP contribution >= 0.6 is 7.82 Å². The zero-order chi connectivity index (χ0) is 17.8. The third kappa shape index (κ3) is 9.89. The maximum Gasteiger partial charge on any atom is 0.330 e. The summed E-state index contributed by atoms with van der Waals surface area (Å²) in [5.41, 5.74) is 0. The quantitative estimate of drug-likeness (QED) is 0.166. The SMILES string of the molecule is CC=CC(=O)OCCCOP(=O)([O-])OCC[N+](CC)(CC)CC. The van der Waals surface area contributed by atoms with Crippen LogP contribution in [0, 0.1) is 0 Å². The Morgan fingerprint density at radius 2 is 1.65 bits per heavy atom. The van der Waals surface area contributed by atoms with Gasteiger partial charge in [0.15, 0.2) is 0 Å². The molecular weight excluding hydrogens is 321 g/mol. The van der Waals surface area contributed by atoms with E-state index in [-0.39, 0.29) is 26.2 Å². The molecule has 0 bridgehead atoms. The first-order valence-corrected chi connectivity index (χ1v) is 9.55. The highest BCUT2D eigenvalue weighted by molar-refractivity contribution is 7.45. The van der Waals surface area contributed by atoms with Gasteiger partial charge < -0.3 is 23.2 Å². The molecule has 23 heavy (non-hydrogen) atoms. The van der Waals surface area contributed by atoms with Crippen molar-refractivity contribution in [3.63, 3.8) is 0 Å². The van der Waals surface area contributed by atoms with Crippen LogP contribution in [0.5, 0.6) is 0 Å². The van der Waals surface area contributed by atoms with Gasteiger partial charge in [0, 0.05) is 12.5 Å². The van der Waals surface area contributed by atoms with Gasteiger partial charge in [0.05, 0.1) is 32.8 Å². The van der Waals surface area contributed by atoms with Crippen molar-refractivity contribution in [3.05, 3.63) is 12.2 Å². The lowest BCUT2D eigenvalue weighted by Crippen LogP contribution is -2.49. The second-order valence-electron chi connectivity index (χ2n) is 5.15. The predicted molar refractivity (Wildman–Crippen MR) is 86.7 cm³/mol. The van der Waals surface area contributed by atoms with Gasteiger partial charge in [-0.3, -0.25) is 4.57 Å². The van der Waals surface area contributed by atoms with E-state index in [1.807, 2.05) is 0 Å². The first-order chi connectivity index (χ1) is 10.8. The van der Waals surface area contributed by atoms with E-state index in [0.717, 1.165) is 24.1 Å². The number of allylic oxidation sites excluding steroid dienone is 1. The summed E-state index contributed by atoms with van der Waals surface area (Å²) in [4.78, 5) is 22.7. The van der Waals surface area contributed by atoms with Crippen molar-refractivity contribution in [3.8, 4) is 0 Å². The fraction of sp³-hybridized carbons (Fsp3) is 0.800. The normalized spacial score (nSPS) is 14.8. The number of carbonyl (C=O) groups is 1. The monoisotopic (exact) mass is 351 g/mol. The Labute approximate surface area is 139 Å². The summed E-state index contributed by atoms with van der Waals surface area (Å²) in [6.45, 7) is 11.5. The second-order valence-corrected chi connectivity index (χ2v) is 6.56. The van der Waals surface area contributed by atoms with Gasteiger partial charge in [0.1, 0.15) is 13.2 Å². The number of esters is 1. The van der Waals surface area contributed by atoms with E-state index in [0.29, 0.717) is 6.54 Å². The molecule has 0 aromatic heterocycles. The van der Waals surface area contributed by atoms with E-state index in [2.05, 4.69) is 20.8 Å². The molecule has 0 saturated heterocycles. The van der Waals surface area contributed by atoms with Crippen LogP contribution in [0.3, 0.4) is 0 Å². The van der Waals surface area contributed by atoms with E-state index in [4.69, 9.17) is 13.8 Å². The van der Waals surface area contributed by atoms with Gasteiger partial charge in [-0.1, -0.05) is 6.08 Å². The molecule has 1 unspecified atom stereocenters. The summed E-state index contributed by atoms with van der Waals surface area (Å²) in [5.74, 6) is -0.457. The molecule has 0 radical (unpaired) electrons. The Bertz CT molecular complexity index is 401. The highest BCUT2D eigenvalue weighted by Gasteiger charge is 2.21. The first-order valence-electron chi connectivity index (χ1n) is 8.09. The van der Waals surface area contributed by atoms with Crippen LogP contribution in [0.15, 0.2) is 12.2 Å². The highest BCUT2D eigenvalue weighted by atomic mass is 31.2. The smallest absolute Gasteiger partial charge is 0.330 e. The van der Waals surface area contributed by atoms with Gasteiger partial charge in [0.25, 0.3) is 7.82 Å². The average Bonchev–Trinajstić information content (AvgIpc) is 2.52. The zero-order valence-electron chi connectivity index (χ0n) is 14.7. The fourth-order valence-electron chi connectivity index (χ4n) is 2.12. The highest BCUT2D eigenvalue weighted by Crippen LogP contribution is 2.38. The van der Waals surface area contributed by atoms with E-state index in [1.165, 1.54) is 6.08 Å². The molecule has 0 fully saturated rings. The fourth-order valence-corrected chi connectivity index (χ4v) is 2.85.